The molecule has 0 atom stereocenters. The summed E-state index contributed by atoms with van der Waals surface area (Å²) in [6, 6.07) is 2.02. The van der Waals surface area contributed by atoms with Crippen LogP contribution >= 0.6 is 11.6 Å². The third-order valence-electron chi connectivity index (χ3n) is 1.61. The molecule has 84 valence electrons. The van der Waals surface area contributed by atoms with Crippen LogP contribution in [0.5, 0.6) is 0 Å². The molecule has 0 saturated carbocycles. The summed E-state index contributed by atoms with van der Waals surface area (Å²) in [5.74, 6) is 1.34. The fourth-order valence-corrected chi connectivity index (χ4v) is 1.29. The fourth-order valence-electron chi connectivity index (χ4n) is 1.09. The van der Waals surface area contributed by atoms with E-state index in [0.29, 0.717) is 30.2 Å². The van der Waals surface area contributed by atoms with Gasteiger partial charge >= 0.3 is 0 Å². The highest BCUT2D eigenvalue weighted by molar-refractivity contribution is 6.29. The number of hydrogen-bond donors (Lipinski definition) is 1. The van der Waals surface area contributed by atoms with Gasteiger partial charge in [-0.25, -0.2) is 9.97 Å². The third kappa shape index (κ3) is 4.44. The lowest BCUT2D eigenvalue weighted by atomic mass is 10.4. The van der Waals surface area contributed by atoms with Gasteiger partial charge in [0.1, 0.15) is 17.6 Å². The van der Waals surface area contributed by atoms with Gasteiger partial charge in [-0.05, 0) is 20.8 Å². The van der Waals surface area contributed by atoms with Crippen LogP contribution in [0, 0.1) is 0 Å². The topological polar surface area (TPSA) is 47.0 Å². The second-order valence-electron chi connectivity index (χ2n) is 3.43. The van der Waals surface area contributed by atoms with Crippen LogP contribution in [0.4, 0.5) is 5.82 Å². The number of rotatable bonds is 5. The van der Waals surface area contributed by atoms with E-state index in [2.05, 4.69) is 15.3 Å². The maximum absolute atomic E-state index is 5.87. The number of nitrogens with zero attached hydrogens (tertiary/aromatic N) is 2. The minimum Gasteiger partial charge on any atom is -0.374 e. The molecule has 1 N–H and O–H groups in total. The van der Waals surface area contributed by atoms with Crippen molar-refractivity contribution < 1.29 is 4.74 Å². The Balaban J connectivity index is 2.75. The summed E-state index contributed by atoms with van der Waals surface area (Å²) in [5, 5.41) is 3.60. The number of ether oxygens (including phenoxy) is 1. The molecule has 0 fully saturated rings. The van der Waals surface area contributed by atoms with E-state index in [1.165, 1.54) is 0 Å². The van der Waals surface area contributed by atoms with Gasteiger partial charge in [-0.3, -0.25) is 0 Å². The molecular weight excluding hydrogens is 214 g/mol. The molecular formula is C10H16ClN3O. The van der Waals surface area contributed by atoms with E-state index in [1.807, 2.05) is 20.8 Å². The summed E-state index contributed by atoms with van der Waals surface area (Å²) in [4.78, 5) is 8.35. The zero-order valence-corrected chi connectivity index (χ0v) is 10.0. The lowest BCUT2D eigenvalue weighted by Gasteiger charge is -2.10. The number of nitrogens with one attached hydrogen (secondary N) is 1. The maximum Gasteiger partial charge on any atom is 0.158 e. The standard InChI is InChI=1S/C10H16ClN3O/c1-4-15-6-10-13-8(11)5-9(14-10)12-7(2)3/h5,7H,4,6H2,1-3H3,(H,12,13,14). The van der Waals surface area contributed by atoms with Crippen LogP contribution in [0.25, 0.3) is 0 Å². The molecule has 0 aliphatic carbocycles. The maximum atomic E-state index is 5.87. The summed E-state index contributed by atoms with van der Waals surface area (Å²) >= 11 is 5.87. The van der Waals surface area contributed by atoms with Gasteiger partial charge in [0.2, 0.25) is 0 Å². The van der Waals surface area contributed by atoms with E-state index in [0.717, 1.165) is 5.82 Å². The molecule has 0 spiro atoms. The van der Waals surface area contributed by atoms with Crippen molar-refractivity contribution in [3.8, 4) is 0 Å². The largest absolute Gasteiger partial charge is 0.374 e. The first-order chi connectivity index (χ1) is 7.11. The summed E-state index contributed by atoms with van der Waals surface area (Å²) in [7, 11) is 0. The molecule has 5 heteroatoms. The van der Waals surface area contributed by atoms with Gasteiger partial charge in [-0.2, -0.15) is 0 Å². The van der Waals surface area contributed by atoms with E-state index in [9.17, 15) is 0 Å². The van der Waals surface area contributed by atoms with Crippen molar-refractivity contribution in [3.63, 3.8) is 0 Å². The lowest BCUT2D eigenvalue weighted by Crippen LogP contribution is -2.12. The van der Waals surface area contributed by atoms with Crippen LogP contribution in [0.1, 0.15) is 26.6 Å². The van der Waals surface area contributed by atoms with E-state index < -0.39 is 0 Å². The van der Waals surface area contributed by atoms with Crippen LogP contribution in [-0.2, 0) is 11.3 Å². The number of hydrogen-bond acceptors (Lipinski definition) is 4. The van der Waals surface area contributed by atoms with Gasteiger partial charge in [-0.15, -0.1) is 0 Å². The molecule has 1 aromatic heterocycles. The van der Waals surface area contributed by atoms with Crippen molar-refractivity contribution in [1.82, 2.24) is 9.97 Å². The van der Waals surface area contributed by atoms with Gasteiger partial charge in [-0.1, -0.05) is 11.6 Å². The van der Waals surface area contributed by atoms with Gasteiger partial charge < -0.3 is 10.1 Å². The minimum atomic E-state index is 0.316. The summed E-state index contributed by atoms with van der Waals surface area (Å²) < 4.78 is 5.22. The molecule has 0 amide bonds. The van der Waals surface area contributed by atoms with Gasteiger partial charge in [0.15, 0.2) is 5.82 Å². The zero-order chi connectivity index (χ0) is 11.3. The zero-order valence-electron chi connectivity index (χ0n) is 9.25. The molecule has 1 aromatic rings. The fraction of sp³-hybridized carbons (Fsp3) is 0.600. The second kappa shape index (κ2) is 5.88. The average Bonchev–Trinajstić information content (AvgIpc) is 2.12. The molecule has 0 unspecified atom stereocenters. The molecule has 0 aliphatic heterocycles. The predicted molar refractivity (Wildman–Crippen MR) is 61.1 cm³/mol. The molecule has 1 heterocycles. The molecule has 0 aromatic carbocycles. The Hall–Kier alpha value is -0.870. The smallest absolute Gasteiger partial charge is 0.158 e. The monoisotopic (exact) mass is 229 g/mol. The van der Waals surface area contributed by atoms with E-state index in [-0.39, 0.29) is 0 Å². The highest BCUT2D eigenvalue weighted by Gasteiger charge is 2.04. The van der Waals surface area contributed by atoms with Crippen LogP contribution in [0.15, 0.2) is 6.07 Å². The number of anilines is 1. The normalized spacial score (nSPS) is 10.7. The molecule has 15 heavy (non-hydrogen) atoms. The molecule has 0 saturated heterocycles. The SMILES string of the molecule is CCOCc1nc(Cl)cc(NC(C)C)n1. The Morgan fingerprint density at radius 2 is 2.20 bits per heavy atom. The van der Waals surface area contributed by atoms with Gasteiger partial charge in [0.05, 0.1) is 0 Å². The Kier molecular flexibility index (Phi) is 4.78. The van der Waals surface area contributed by atoms with Crippen molar-refractivity contribution in [3.05, 3.63) is 17.0 Å². The van der Waals surface area contributed by atoms with Crippen molar-refractivity contribution in [1.29, 1.82) is 0 Å². The van der Waals surface area contributed by atoms with Crippen molar-refractivity contribution in [2.45, 2.75) is 33.4 Å². The van der Waals surface area contributed by atoms with Gasteiger partial charge in [0.25, 0.3) is 0 Å². The van der Waals surface area contributed by atoms with Crippen LogP contribution < -0.4 is 5.32 Å². The van der Waals surface area contributed by atoms with E-state index in [1.54, 1.807) is 6.07 Å². The summed E-state index contributed by atoms with van der Waals surface area (Å²) in [6.07, 6.45) is 0. The highest BCUT2D eigenvalue weighted by atomic mass is 35.5. The first-order valence-electron chi connectivity index (χ1n) is 4.99. The molecule has 4 nitrogen and oxygen atoms in total. The molecule has 1 rings (SSSR count). The first-order valence-corrected chi connectivity index (χ1v) is 5.37. The van der Waals surface area contributed by atoms with Crippen LogP contribution in [-0.4, -0.2) is 22.6 Å². The first kappa shape index (κ1) is 12.2. The predicted octanol–water partition coefficient (Wildman–Crippen LogP) is 2.49. The Morgan fingerprint density at radius 3 is 2.80 bits per heavy atom. The molecule has 0 radical (unpaired) electrons. The Labute approximate surface area is 95.0 Å². The third-order valence-corrected chi connectivity index (χ3v) is 1.81. The average molecular weight is 230 g/mol. The van der Waals surface area contributed by atoms with Crippen LogP contribution in [0.2, 0.25) is 5.15 Å². The number of halogens is 1. The van der Waals surface area contributed by atoms with Crippen molar-refractivity contribution in [2.24, 2.45) is 0 Å². The Bertz CT molecular complexity index is 318. The summed E-state index contributed by atoms with van der Waals surface area (Å²) in [5.41, 5.74) is 0. The molecule has 0 bridgehead atoms. The van der Waals surface area contributed by atoms with E-state index >= 15 is 0 Å². The quantitative estimate of drug-likeness (QED) is 0.789. The van der Waals surface area contributed by atoms with Crippen LogP contribution in [0.3, 0.4) is 0 Å². The lowest BCUT2D eigenvalue weighted by molar-refractivity contribution is 0.128. The van der Waals surface area contributed by atoms with Gasteiger partial charge in [0, 0.05) is 18.7 Å². The van der Waals surface area contributed by atoms with Crippen molar-refractivity contribution in [2.75, 3.05) is 11.9 Å². The second-order valence-corrected chi connectivity index (χ2v) is 3.82. The Morgan fingerprint density at radius 1 is 1.47 bits per heavy atom. The minimum absolute atomic E-state index is 0.316. The van der Waals surface area contributed by atoms with E-state index in [4.69, 9.17) is 16.3 Å². The van der Waals surface area contributed by atoms with Crippen molar-refractivity contribution >= 4 is 17.4 Å². The molecule has 0 aliphatic rings. The summed E-state index contributed by atoms with van der Waals surface area (Å²) in [6.45, 7) is 7.04. The highest BCUT2D eigenvalue weighted by Crippen LogP contribution is 2.12. The number of aromatic nitrogens is 2.